The molecule has 0 atom stereocenters. The maximum atomic E-state index is 11.9. The fraction of sp³-hybridized carbons (Fsp3) is 0.533. The lowest BCUT2D eigenvalue weighted by Crippen LogP contribution is -2.37. The number of nitrogens with zero attached hydrogens (tertiary/aromatic N) is 1. The van der Waals surface area contributed by atoms with E-state index in [9.17, 15) is 4.79 Å². The number of carbonyl (C=O) groups excluding carboxylic acids is 1. The number of amides is 1. The highest BCUT2D eigenvalue weighted by atomic mass is 79.9. The number of carbonyl (C=O) groups is 1. The van der Waals surface area contributed by atoms with Gasteiger partial charge in [-0.15, -0.1) is 0 Å². The Kier molecular flexibility index (Phi) is 4.77. The average Bonchev–Trinajstić information content (AvgIpc) is 2.90. The van der Waals surface area contributed by atoms with E-state index >= 15 is 0 Å². The predicted octanol–water partition coefficient (Wildman–Crippen LogP) is 1.79. The van der Waals surface area contributed by atoms with Crippen molar-refractivity contribution in [2.24, 2.45) is 0 Å². The molecule has 1 saturated heterocycles. The van der Waals surface area contributed by atoms with Gasteiger partial charge in [0.1, 0.15) is 5.75 Å². The highest BCUT2D eigenvalue weighted by molar-refractivity contribution is 9.10. The van der Waals surface area contributed by atoms with E-state index in [-0.39, 0.29) is 5.91 Å². The SMILES string of the molecule is O=C1NCc2c(Br)ccc(OCCCN3CCOCC3)c21. The molecule has 1 N–H and O–H groups in total. The van der Waals surface area contributed by atoms with Crippen molar-refractivity contribution in [1.82, 2.24) is 10.2 Å². The number of hydrogen-bond acceptors (Lipinski definition) is 4. The molecule has 21 heavy (non-hydrogen) atoms. The van der Waals surface area contributed by atoms with E-state index in [1.54, 1.807) is 0 Å². The van der Waals surface area contributed by atoms with Crippen molar-refractivity contribution < 1.29 is 14.3 Å². The Morgan fingerprint density at radius 3 is 2.95 bits per heavy atom. The second kappa shape index (κ2) is 6.77. The maximum absolute atomic E-state index is 11.9. The van der Waals surface area contributed by atoms with Crippen molar-refractivity contribution in [2.45, 2.75) is 13.0 Å². The van der Waals surface area contributed by atoms with Crippen LogP contribution in [0.25, 0.3) is 0 Å². The molecule has 114 valence electrons. The van der Waals surface area contributed by atoms with Crippen molar-refractivity contribution in [1.29, 1.82) is 0 Å². The molecule has 2 aliphatic heterocycles. The number of ether oxygens (including phenoxy) is 2. The number of rotatable bonds is 5. The zero-order chi connectivity index (χ0) is 14.7. The Morgan fingerprint density at radius 2 is 2.14 bits per heavy atom. The lowest BCUT2D eigenvalue weighted by Gasteiger charge is -2.26. The number of fused-ring (bicyclic) bond motifs is 1. The van der Waals surface area contributed by atoms with Crippen LogP contribution in [-0.4, -0.2) is 50.3 Å². The molecule has 0 spiro atoms. The van der Waals surface area contributed by atoms with Gasteiger partial charge in [-0.1, -0.05) is 15.9 Å². The Hall–Kier alpha value is -1.11. The van der Waals surface area contributed by atoms with E-state index in [0.29, 0.717) is 24.5 Å². The van der Waals surface area contributed by atoms with E-state index in [4.69, 9.17) is 9.47 Å². The minimum atomic E-state index is -0.0468. The third-order valence-corrected chi connectivity index (χ3v) is 4.59. The summed E-state index contributed by atoms with van der Waals surface area (Å²) in [7, 11) is 0. The summed E-state index contributed by atoms with van der Waals surface area (Å²) in [4.78, 5) is 14.3. The molecule has 1 aromatic carbocycles. The second-order valence-electron chi connectivity index (χ2n) is 5.24. The van der Waals surface area contributed by atoms with Crippen LogP contribution >= 0.6 is 15.9 Å². The topological polar surface area (TPSA) is 50.8 Å². The van der Waals surface area contributed by atoms with Gasteiger partial charge in [-0.3, -0.25) is 9.69 Å². The summed E-state index contributed by atoms with van der Waals surface area (Å²) in [6.45, 7) is 5.83. The molecular formula is C15H19BrN2O3. The number of benzene rings is 1. The van der Waals surface area contributed by atoms with Crippen LogP contribution in [0.15, 0.2) is 16.6 Å². The van der Waals surface area contributed by atoms with Gasteiger partial charge < -0.3 is 14.8 Å². The smallest absolute Gasteiger partial charge is 0.255 e. The van der Waals surface area contributed by atoms with Crippen molar-refractivity contribution >= 4 is 21.8 Å². The standard InChI is InChI=1S/C15H19BrN2O3/c16-12-2-3-13(14-11(12)10-17-15(14)19)21-7-1-4-18-5-8-20-9-6-18/h2-3H,1,4-10H2,(H,17,19). The van der Waals surface area contributed by atoms with Crippen molar-refractivity contribution in [3.8, 4) is 5.75 Å². The molecule has 0 unspecified atom stereocenters. The normalized spacial score (nSPS) is 18.4. The minimum Gasteiger partial charge on any atom is -0.493 e. The van der Waals surface area contributed by atoms with Crippen LogP contribution in [0.2, 0.25) is 0 Å². The highest BCUT2D eigenvalue weighted by Crippen LogP contribution is 2.32. The number of hydrogen-bond donors (Lipinski definition) is 1. The van der Waals surface area contributed by atoms with Crippen LogP contribution in [0.5, 0.6) is 5.75 Å². The summed E-state index contributed by atoms with van der Waals surface area (Å²) in [6.07, 6.45) is 0.951. The summed E-state index contributed by atoms with van der Waals surface area (Å²) >= 11 is 3.48. The molecule has 0 aromatic heterocycles. The molecule has 3 rings (SSSR count). The van der Waals surface area contributed by atoms with E-state index in [1.807, 2.05) is 12.1 Å². The average molecular weight is 355 g/mol. The molecule has 6 heteroatoms. The molecule has 0 aliphatic carbocycles. The highest BCUT2D eigenvalue weighted by Gasteiger charge is 2.25. The van der Waals surface area contributed by atoms with Crippen LogP contribution in [0.3, 0.4) is 0 Å². The molecule has 1 aromatic rings. The van der Waals surface area contributed by atoms with Gasteiger partial charge in [-0.05, 0) is 18.6 Å². The van der Waals surface area contributed by atoms with Crippen molar-refractivity contribution in [3.05, 3.63) is 27.7 Å². The number of halogens is 1. The van der Waals surface area contributed by atoms with E-state index in [2.05, 4.69) is 26.1 Å². The van der Waals surface area contributed by atoms with Crippen molar-refractivity contribution in [3.63, 3.8) is 0 Å². The zero-order valence-corrected chi connectivity index (χ0v) is 13.4. The summed E-state index contributed by atoms with van der Waals surface area (Å²) in [5.41, 5.74) is 1.67. The maximum Gasteiger partial charge on any atom is 0.255 e. The quantitative estimate of drug-likeness (QED) is 0.819. The largest absolute Gasteiger partial charge is 0.493 e. The van der Waals surface area contributed by atoms with Gasteiger partial charge in [0, 0.05) is 36.2 Å². The van der Waals surface area contributed by atoms with Gasteiger partial charge in [0.25, 0.3) is 5.91 Å². The summed E-state index contributed by atoms with van der Waals surface area (Å²) in [6, 6.07) is 3.80. The molecule has 0 bridgehead atoms. The Bertz CT molecular complexity index is 530. The first-order valence-corrected chi connectivity index (χ1v) is 8.07. The molecular weight excluding hydrogens is 336 g/mol. The third-order valence-electron chi connectivity index (χ3n) is 3.85. The lowest BCUT2D eigenvalue weighted by molar-refractivity contribution is 0.0357. The molecule has 2 heterocycles. The zero-order valence-electron chi connectivity index (χ0n) is 11.9. The first-order chi connectivity index (χ1) is 10.3. The van der Waals surface area contributed by atoms with Crippen LogP contribution in [-0.2, 0) is 11.3 Å². The van der Waals surface area contributed by atoms with Gasteiger partial charge in [0.05, 0.1) is 25.4 Å². The van der Waals surface area contributed by atoms with Gasteiger partial charge in [0.2, 0.25) is 0 Å². The number of morpholine rings is 1. The van der Waals surface area contributed by atoms with E-state index in [1.165, 1.54) is 0 Å². The van der Waals surface area contributed by atoms with Gasteiger partial charge in [-0.25, -0.2) is 0 Å². The molecule has 0 saturated carbocycles. The molecule has 2 aliphatic rings. The minimum absolute atomic E-state index is 0.0468. The van der Waals surface area contributed by atoms with Crippen molar-refractivity contribution in [2.75, 3.05) is 39.5 Å². The monoisotopic (exact) mass is 354 g/mol. The van der Waals surface area contributed by atoms with Gasteiger partial charge in [-0.2, -0.15) is 0 Å². The van der Waals surface area contributed by atoms with E-state index < -0.39 is 0 Å². The second-order valence-corrected chi connectivity index (χ2v) is 6.09. The summed E-state index contributed by atoms with van der Waals surface area (Å²) in [5, 5.41) is 2.84. The summed E-state index contributed by atoms with van der Waals surface area (Å²) < 4.78 is 12.1. The Balaban J connectivity index is 1.54. The van der Waals surface area contributed by atoms with Crippen LogP contribution in [0, 0.1) is 0 Å². The lowest BCUT2D eigenvalue weighted by atomic mass is 10.1. The number of nitrogens with one attached hydrogen (secondary N) is 1. The predicted molar refractivity (Wildman–Crippen MR) is 82.7 cm³/mol. The van der Waals surface area contributed by atoms with E-state index in [0.717, 1.165) is 49.3 Å². The fourth-order valence-electron chi connectivity index (χ4n) is 2.70. The molecule has 1 amide bonds. The van der Waals surface area contributed by atoms with Crippen LogP contribution in [0.1, 0.15) is 22.3 Å². The first kappa shape index (κ1) is 14.8. The van der Waals surface area contributed by atoms with Gasteiger partial charge in [0.15, 0.2) is 0 Å². The molecule has 5 nitrogen and oxygen atoms in total. The Morgan fingerprint density at radius 1 is 1.33 bits per heavy atom. The Labute approximate surface area is 132 Å². The molecule has 0 radical (unpaired) electrons. The van der Waals surface area contributed by atoms with Crippen LogP contribution in [0.4, 0.5) is 0 Å². The first-order valence-electron chi connectivity index (χ1n) is 7.28. The summed E-state index contributed by atoms with van der Waals surface area (Å²) in [5.74, 6) is 0.639. The van der Waals surface area contributed by atoms with Crippen LogP contribution < -0.4 is 10.1 Å². The fourth-order valence-corrected chi connectivity index (χ4v) is 3.17. The van der Waals surface area contributed by atoms with Gasteiger partial charge >= 0.3 is 0 Å². The third kappa shape index (κ3) is 3.39. The molecule has 1 fully saturated rings.